The number of rotatable bonds is 10. The number of ether oxygens (including phenoxy) is 2. The highest BCUT2D eigenvalue weighted by Crippen LogP contribution is 2.22. The van der Waals surface area contributed by atoms with Crippen molar-refractivity contribution >= 4 is 34.6 Å². The van der Waals surface area contributed by atoms with Gasteiger partial charge in [0.1, 0.15) is 11.5 Å². The summed E-state index contributed by atoms with van der Waals surface area (Å²) in [5.41, 5.74) is 0.449. The van der Waals surface area contributed by atoms with Gasteiger partial charge < -0.3 is 20.1 Å². The fraction of sp³-hybridized carbons (Fsp3) is 0.0909. The van der Waals surface area contributed by atoms with Crippen molar-refractivity contribution in [1.29, 1.82) is 0 Å². The zero-order valence-electron chi connectivity index (χ0n) is 17.5. The molecule has 0 fully saturated rings. The molecule has 0 unspecified atom stereocenters. The first-order chi connectivity index (χ1) is 16.3. The zero-order chi connectivity index (χ0) is 24.5. The SMILES string of the molecule is O=C(COc1ccc([N+](=O)[O-])cc1)Nc1ccccc1NC(=O)COc1ccc([N+](=O)[O-])cc1. The van der Waals surface area contributed by atoms with Crippen LogP contribution in [0, 0.1) is 20.2 Å². The van der Waals surface area contributed by atoms with E-state index in [2.05, 4.69) is 10.6 Å². The van der Waals surface area contributed by atoms with Crippen LogP contribution in [-0.4, -0.2) is 34.9 Å². The molecule has 0 heterocycles. The fourth-order valence-electron chi connectivity index (χ4n) is 2.70. The summed E-state index contributed by atoms with van der Waals surface area (Å²) in [5.74, 6) is -0.458. The summed E-state index contributed by atoms with van der Waals surface area (Å²) in [6.07, 6.45) is 0. The number of carbonyl (C=O) groups is 2. The van der Waals surface area contributed by atoms with Gasteiger partial charge in [0, 0.05) is 24.3 Å². The van der Waals surface area contributed by atoms with Gasteiger partial charge in [-0.25, -0.2) is 0 Å². The van der Waals surface area contributed by atoms with Crippen LogP contribution in [0.25, 0.3) is 0 Å². The number of nitro groups is 2. The summed E-state index contributed by atoms with van der Waals surface area (Å²) in [4.78, 5) is 44.8. The second-order valence-corrected chi connectivity index (χ2v) is 6.72. The van der Waals surface area contributed by atoms with Gasteiger partial charge >= 0.3 is 0 Å². The molecule has 34 heavy (non-hydrogen) atoms. The van der Waals surface area contributed by atoms with Crippen LogP contribution < -0.4 is 20.1 Å². The number of nitro benzene ring substituents is 2. The van der Waals surface area contributed by atoms with Crippen molar-refractivity contribution in [2.24, 2.45) is 0 Å². The van der Waals surface area contributed by atoms with E-state index in [1.807, 2.05) is 0 Å². The molecule has 3 aromatic carbocycles. The molecule has 12 heteroatoms. The van der Waals surface area contributed by atoms with Crippen molar-refractivity contribution in [3.05, 3.63) is 93.0 Å². The van der Waals surface area contributed by atoms with Crippen molar-refractivity contribution in [3.8, 4) is 11.5 Å². The number of non-ortho nitro benzene ring substituents is 2. The molecule has 2 N–H and O–H groups in total. The Morgan fingerprint density at radius 3 is 1.32 bits per heavy atom. The summed E-state index contributed by atoms with van der Waals surface area (Å²) < 4.78 is 10.6. The maximum Gasteiger partial charge on any atom is 0.269 e. The van der Waals surface area contributed by atoms with Crippen LogP contribution in [0.3, 0.4) is 0 Å². The van der Waals surface area contributed by atoms with E-state index >= 15 is 0 Å². The van der Waals surface area contributed by atoms with Crippen LogP contribution >= 0.6 is 0 Å². The number of carbonyl (C=O) groups excluding carboxylic acids is 2. The Bertz CT molecular complexity index is 1100. The minimum Gasteiger partial charge on any atom is -0.484 e. The molecule has 0 atom stereocenters. The van der Waals surface area contributed by atoms with Gasteiger partial charge in [0.25, 0.3) is 23.2 Å². The van der Waals surface area contributed by atoms with E-state index in [-0.39, 0.29) is 36.1 Å². The van der Waals surface area contributed by atoms with Gasteiger partial charge in [-0.15, -0.1) is 0 Å². The molecule has 0 aliphatic carbocycles. The lowest BCUT2D eigenvalue weighted by Gasteiger charge is -2.13. The van der Waals surface area contributed by atoms with E-state index in [9.17, 15) is 29.8 Å². The lowest BCUT2D eigenvalue weighted by molar-refractivity contribution is -0.385. The molecular formula is C22H18N4O8. The Hall–Kier alpha value is -5.00. The van der Waals surface area contributed by atoms with Gasteiger partial charge in [-0.1, -0.05) is 12.1 Å². The van der Waals surface area contributed by atoms with Crippen LogP contribution in [0.2, 0.25) is 0 Å². The van der Waals surface area contributed by atoms with E-state index in [0.717, 1.165) is 0 Å². The van der Waals surface area contributed by atoms with Crippen LogP contribution in [0.15, 0.2) is 72.8 Å². The average molecular weight is 466 g/mol. The molecule has 174 valence electrons. The van der Waals surface area contributed by atoms with Crippen LogP contribution in [0.1, 0.15) is 0 Å². The zero-order valence-corrected chi connectivity index (χ0v) is 17.5. The van der Waals surface area contributed by atoms with E-state index < -0.39 is 21.7 Å². The summed E-state index contributed by atoms with van der Waals surface area (Å²) in [5, 5.41) is 26.6. The summed E-state index contributed by atoms with van der Waals surface area (Å²) in [6.45, 7) is -0.716. The van der Waals surface area contributed by atoms with Crippen LogP contribution in [0.4, 0.5) is 22.7 Å². The molecule has 0 radical (unpaired) electrons. The number of benzene rings is 3. The third-order valence-electron chi connectivity index (χ3n) is 4.31. The molecule has 0 saturated carbocycles. The Labute approximate surface area is 192 Å². The number of para-hydroxylation sites is 2. The number of nitrogens with zero attached hydrogens (tertiary/aromatic N) is 2. The molecular weight excluding hydrogens is 448 g/mol. The van der Waals surface area contributed by atoms with Gasteiger partial charge in [-0.05, 0) is 36.4 Å². The molecule has 2 amide bonds. The summed E-state index contributed by atoms with van der Waals surface area (Å²) >= 11 is 0. The number of hydrogen-bond donors (Lipinski definition) is 2. The van der Waals surface area contributed by atoms with Crippen molar-refractivity contribution in [3.63, 3.8) is 0 Å². The summed E-state index contributed by atoms with van der Waals surface area (Å²) in [7, 11) is 0. The Morgan fingerprint density at radius 1 is 0.647 bits per heavy atom. The Balaban J connectivity index is 1.52. The maximum atomic E-state index is 12.3. The monoisotopic (exact) mass is 466 g/mol. The maximum absolute atomic E-state index is 12.3. The Morgan fingerprint density at radius 2 is 1.00 bits per heavy atom. The van der Waals surface area contributed by atoms with Crippen LogP contribution in [-0.2, 0) is 9.59 Å². The second kappa shape index (κ2) is 11.0. The number of anilines is 2. The minimum absolute atomic E-state index is 0.0981. The van der Waals surface area contributed by atoms with Crippen molar-refractivity contribution in [2.75, 3.05) is 23.8 Å². The number of hydrogen-bond acceptors (Lipinski definition) is 8. The first kappa shape index (κ1) is 23.7. The highest BCUT2D eigenvalue weighted by molar-refractivity contribution is 6.00. The standard InChI is InChI=1S/C22H18N4O8/c27-21(13-33-17-9-5-15(6-10-17)25(29)30)23-19-3-1-2-4-20(19)24-22(28)14-34-18-11-7-16(8-12-18)26(31)32/h1-12H,13-14H2,(H,23,27)(H,24,28). The van der Waals surface area contributed by atoms with Crippen molar-refractivity contribution < 1.29 is 28.9 Å². The topological polar surface area (TPSA) is 163 Å². The molecule has 0 aliphatic heterocycles. The fourth-order valence-corrected chi connectivity index (χ4v) is 2.70. The smallest absolute Gasteiger partial charge is 0.269 e. The molecule has 3 rings (SSSR count). The Kier molecular flexibility index (Phi) is 7.68. The molecule has 0 aromatic heterocycles. The van der Waals surface area contributed by atoms with Gasteiger partial charge in [-0.3, -0.25) is 29.8 Å². The van der Waals surface area contributed by atoms with E-state index in [1.165, 1.54) is 48.5 Å². The second-order valence-electron chi connectivity index (χ2n) is 6.72. The highest BCUT2D eigenvalue weighted by Gasteiger charge is 2.12. The van der Waals surface area contributed by atoms with Crippen LogP contribution in [0.5, 0.6) is 11.5 Å². The van der Waals surface area contributed by atoms with Gasteiger partial charge in [0.2, 0.25) is 0 Å². The summed E-state index contributed by atoms with van der Waals surface area (Å²) in [6, 6.07) is 17.0. The predicted molar refractivity (Wildman–Crippen MR) is 121 cm³/mol. The first-order valence-corrected chi connectivity index (χ1v) is 9.75. The molecule has 0 aliphatic rings. The average Bonchev–Trinajstić information content (AvgIpc) is 2.83. The van der Waals surface area contributed by atoms with E-state index in [1.54, 1.807) is 24.3 Å². The van der Waals surface area contributed by atoms with Crippen molar-refractivity contribution in [2.45, 2.75) is 0 Å². The largest absolute Gasteiger partial charge is 0.484 e. The quantitative estimate of drug-likeness (QED) is 0.338. The highest BCUT2D eigenvalue weighted by atomic mass is 16.6. The minimum atomic E-state index is -0.543. The predicted octanol–water partition coefficient (Wildman–Crippen LogP) is 3.54. The van der Waals surface area contributed by atoms with E-state index in [4.69, 9.17) is 9.47 Å². The van der Waals surface area contributed by atoms with E-state index in [0.29, 0.717) is 11.4 Å². The van der Waals surface area contributed by atoms with Gasteiger partial charge in [-0.2, -0.15) is 0 Å². The third-order valence-corrected chi connectivity index (χ3v) is 4.31. The molecule has 12 nitrogen and oxygen atoms in total. The van der Waals surface area contributed by atoms with Crippen molar-refractivity contribution in [1.82, 2.24) is 0 Å². The molecule has 0 saturated heterocycles. The number of nitrogens with one attached hydrogen (secondary N) is 2. The first-order valence-electron chi connectivity index (χ1n) is 9.75. The molecule has 0 spiro atoms. The van der Waals surface area contributed by atoms with Gasteiger partial charge in [0.15, 0.2) is 13.2 Å². The molecule has 3 aromatic rings. The lowest BCUT2D eigenvalue weighted by atomic mass is 10.2. The lowest BCUT2D eigenvalue weighted by Crippen LogP contribution is -2.23. The molecule has 0 bridgehead atoms. The third kappa shape index (κ3) is 6.75. The number of amides is 2. The normalized spacial score (nSPS) is 10.1. The van der Waals surface area contributed by atoms with Gasteiger partial charge in [0.05, 0.1) is 21.2 Å².